The van der Waals surface area contributed by atoms with Crippen LogP contribution in [0.4, 0.5) is 11.4 Å². The van der Waals surface area contributed by atoms with Gasteiger partial charge >= 0.3 is 0 Å². The fraction of sp³-hybridized carbons (Fsp3) is 0.158. The number of anilines is 1. The Balaban J connectivity index is 1.71. The molecule has 7 nitrogen and oxygen atoms in total. The lowest BCUT2D eigenvalue weighted by molar-refractivity contribution is -0.384. The number of hydrogen-bond acceptors (Lipinski definition) is 5. The monoisotopic (exact) mass is 416 g/mol. The second kappa shape index (κ2) is 8.45. The van der Waals surface area contributed by atoms with Crippen molar-refractivity contribution in [2.45, 2.75) is 19.0 Å². The van der Waals surface area contributed by atoms with E-state index < -0.39 is 4.92 Å². The quantitative estimate of drug-likeness (QED) is 0.354. The number of carbonyl (C=O) groups is 1. The van der Waals surface area contributed by atoms with Gasteiger partial charge in [0.05, 0.1) is 27.1 Å². The number of amides is 1. The second-order valence-electron chi connectivity index (χ2n) is 6.13. The molecule has 1 heterocycles. The molecule has 9 heteroatoms. The van der Waals surface area contributed by atoms with Gasteiger partial charge in [0.25, 0.3) is 5.69 Å². The molecule has 0 radical (unpaired) electrons. The zero-order valence-corrected chi connectivity index (χ0v) is 16.8. The predicted octanol–water partition coefficient (Wildman–Crippen LogP) is 4.78. The van der Waals surface area contributed by atoms with Gasteiger partial charge in [-0.1, -0.05) is 35.5 Å². The van der Waals surface area contributed by atoms with Crippen molar-refractivity contribution in [2.75, 3.05) is 11.1 Å². The molecule has 0 unspecified atom stereocenters. The fourth-order valence-corrected chi connectivity index (χ4v) is 3.53. The van der Waals surface area contributed by atoms with Crippen molar-refractivity contribution in [3.63, 3.8) is 0 Å². The van der Waals surface area contributed by atoms with Gasteiger partial charge in [-0.2, -0.15) is 0 Å². The van der Waals surface area contributed by atoms with E-state index in [0.717, 1.165) is 16.8 Å². The summed E-state index contributed by atoms with van der Waals surface area (Å²) in [4.78, 5) is 27.0. The van der Waals surface area contributed by atoms with Gasteiger partial charge in [-0.15, -0.1) is 0 Å². The molecule has 0 aliphatic carbocycles. The minimum absolute atomic E-state index is 0.0842. The minimum Gasteiger partial charge on any atom is -0.324 e. The number of aryl methyl sites for hydroxylation is 2. The number of benzene rings is 2. The first-order chi connectivity index (χ1) is 13.3. The number of thioether (sulfide) groups is 1. The van der Waals surface area contributed by atoms with Crippen LogP contribution in [0, 0.1) is 24.0 Å². The van der Waals surface area contributed by atoms with Crippen LogP contribution in [-0.4, -0.2) is 26.1 Å². The maximum absolute atomic E-state index is 12.3. The second-order valence-corrected chi connectivity index (χ2v) is 7.48. The van der Waals surface area contributed by atoms with E-state index in [1.165, 1.54) is 30.0 Å². The molecule has 0 spiro atoms. The van der Waals surface area contributed by atoms with Crippen molar-refractivity contribution in [1.82, 2.24) is 9.55 Å². The molecule has 3 rings (SSSR count). The standard InChI is InChI=1S/C19H17ClN4O3S/c1-12-3-4-13(2)17(9-12)23-8-7-21-19(23)28-11-18(25)22-16-10-14(24(26)27)5-6-15(16)20/h3-10H,11H2,1-2H3,(H,22,25). The van der Waals surface area contributed by atoms with Gasteiger partial charge in [0, 0.05) is 24.5 Å². The van der Waals surface area contributed by atoms with Crippen molar-refractivity contribution in [1.29, 1.82) is 0 Å². The molecule has 0 bridgehead atoms. The van der Waals surface area contributed by atoms with E-state index in [0.29, 0.717) is 5.16 Å². The van der Waals surface area contributed by atoms with Gasteiger partial charge in [0.2, 0.25) is 5.91 Å². The molecule has 1 N–H and O–H groups in total. The maximum Gasteiger partial charge on any atom is 0.271 e. The number of nitrogens with one attached hydrogen (secondary N) is 1. The third kappa shape index (κ3) is 4.52. The van der Waals surface area contributed by atoms with Crippen LogP contribution in [0.1, 0.15) is 11.1 Å². The van der Waals surface area contributed by atoms with Gasteiger partial charge in [-0.05, 0) is 37.1 Å². The molecule has 0 atom stereocenters. The van der Waals surface area contributed by atoms with Gasteiger partial charge in [-0.3, -0.25) is 19.5 Å². The Morgan fingerprint density at radius 3 is 2.82 bits per heavy atom. The number of nitrogens with zero attached hydrogens (tertiary/aromatic N) is 3. The number of rotatable bonds is 6. The molecule has 28 heavy (non-hydrogen) atoms. The molecule has 1 amide bonds. The Labute approximate surface area is 170 Å². The fourth-order valence-electron chi connectivity index (χ4n) is 2.60. The number of nitro groups is 1. The number of imidazole rings is 1. The number of hydrogen-bond donors (Lipinski definition) is 1. The van der Waals surface area contributed by atoms with Gasteiger partial charge in [0.15, 0.2) is 5.16 Å². The Hall–Kier alpha value is -2.84. The molecule has 0 aliphatic rings. The minimum atomic E-state index is -0.540. The Kier molecular flexibility index (Phi) is 6.01. The Morgan fingerprint density at radius 2 is 2.07 bits per heavy atom. The summed E-state index contributed by atoms with van der Waals surface area (Å²) in [5.41, 5.74) is 3.29. The summed E-state index contributed by atoms with van der Waals surface area (Å²) in [7, 11) is 0. The lowest BCUT2D eigenvalue weighted by Gasteiger charge is -2.11. The van der Waals surface area contributed by atoms with Gasteiger partial charge in [-0.25, -0.2) is 4.98 Å². The average molecular weight is 417 g/mol. The van der Waals surface area contributed by atoms with Crippen molar-refractivity contribution >= 4 is 40.6 Å². The molecule has 0 saturated carbocycles. The first-order valence-corrected chi connectivity index (χ1v) is 9.69. The molecule has 3 aromatic rings. The van der Waals surface area contributed by atoms with E-state index in [-0.39, 0.29) is 28.1 Å². The van der Waals surface area contributed by atoms with E-state index in [9.17, 15) is 14.9 Å². The molecular formula is C19H17ClN4O3S. The number of halogens is 1. The van der Waals surface area contributed by atoms with Crippen molar-refractivity contribution in [3.05, 3.63) is 75.1 Å². The highest BCUT2D eigenvalue weighted by Gasteiger charge is 2.14. The van der Waals surface area contributed by atoms with Gasteiger partial charge < -0.3 is 5.32 Å². The summed E-state index contributed by atoms with van der Waals surface area (Å²) in [6, 6.07) is 10.0. The summed E-state index contributed by atoms with van der Waals surface area (Å²) in [6.07, 6.45) is 3.53. The normalized spacial score (nSPS) is 10.7. The van der Waals surface area contributed by atoms with Crippen molar-refractivity contribution in [2.24, 2.45) is 0 Å². The maximum atomic E-state index is 12.3. The highest BCUT2D eigenvalue weighted by atomic mass is 35.5. The van der Waals surface area contributed by atoms with E-state index in [1.807, 2.05) is 36.7 Å². The van der Waals surface area contributed by atoms with E-state index in [2.05, 4.69) is 16.4 Å². The Morgan fingerprint density at radius 1 is 1.29 bits per heavy atom. The first kappa shape index (κ1) is 19.9. The van der Waals surface area contributed by atoms with Crippen molar-refractivity contribution in [3.8, 4) is 5.69 Å². The summed E-state index contributed by atoms with van der Waals surface area (Å²) in [5, 5.41) is 14.4. The third-order valence-corrected chi connectivity index (χ3v) is 5.29. The van der Waals surface area contributed by atoms with E-state index in [4.69, 9.17) is 11.6 Å². The van der Waals surface area contributed by atoms with Crippen LogP contribution in [0.2, 0.25) is 5.02 Å². The molecule has 0 aliphatic heterocycles. The van der Waals surface area contributed by atoms with Crippen LogP contribution < -0.4 is 5.32 Å². The number of non-ortho nitro benzene ring substituents is 1. The third-order valence-electron chi connectivity index (χ3n) is 4.00. The van der Waals surface area contributed by atoms with Gasteiger partial charge in [0.1, 0.15) is 0 Å². The SMILES string of the molecule is Cc1ccc(C)c(-n2ccnc2SCC(=O)Nc2cc([N+](=O)[O-])ccc2Cl)c1. The smallest absolute Gasteiger partial charge is 0.271 e. The molecule has 0 saturated heterocycles. The molecule has 2 aromatic carbocycles. The first-order valence-electron chi connectivity index (χ1n) is 8.32. The summed E-state index contributed by atoms with van der Waals surface area (Å²) in [5.74, 6) is -0.246. The number of aromatic nitrogens is 2. The zero-order chi connectivity index (χ0) is 20.3. The highest BCUT2D eigenvalue weighted by Crippen LogP contribution is 2.28. The lowest BCUT2D eigenvalue weighted by atomic mass is 10.1. The number of nitro benzene ring substituents is 1. The molecule has 0 fully saturated rings. The highest BCUT2D eigenvalue weighted by molar-refractivity contribution is 7.99. The van der Waals surface area contributed by atoms with Crippen LogP contribution in [-0.2, 0) is 4.79 Å². The zero-order valence-electron chi connectivity index (χ0n) is 15.2. The lowest BCUT2D eigenvalue weighted by Crippen LogP contribution is -2.15. The topological polar surface area (TPSA) is 90.1 Å². The summed E-state index contributed by atoms with van der Waals surface area (Å²) < 4.78 is 1.93. The predicted molar refractivity (Wildman–Crippen MR) is 110 cm³/mol. The van der Waals surface area contributed by atoms with Crippen LogP contribution in [0.3, 0.4) is 0 Å². The molecule has 1 aromatic heterocycles. The average Bonchev–Trinajstić information content (AvgIpc) is 3.12. The summed E-state index contributed by atoms with van der Waals surface area (Å²) >= 11 is 7.29. The van der Waals surface area contributed by atoms with Crippen LogP contribution in [0.15, 0.2) is 53.9 Å². The molecule has 144 valence electrons. The van der Waals surface area contributed by atoms with Crippen LogP contribution in [0.5, 0.6) is 0 Å². The summed E-state index contributed by atoms with van der Waals surface area (Å²) in [6.45, 7) is 4.03. The van der Waals surface area contributed by atoms with E-state index in [1.54, 1.807) is 6.20 Å². The van der Waals surface area contributed by atoms with Crippen molar-refractivity contribution < 1.29 is 9.72 Å². The van der Waals surface area contributed by atoms with E-state index >= 15 is 0 Å². The van der Waals surface area contributed by atoms with Crippen LogP contribution in [0.25, 0.3) is 5.69 Å². The Bertz CT molecular complexity index is 1050. The van der Waals surface area contributed by atoms with Crippen LogP contribution >= 0.6 is 23.4 Å². The largest absolute Gasteiger partial charge is 0.324 e. The number of carbonyl (C=O) groups excluding carboxylic acids is 1. The molecular weight excluding hydrogens is 400 g/mol.